The summed E-state index contributed by atoms with van der Waals surface area (Å²) >= 11 is 0.957. The van der Waals surface area contributed by atoms with Gasteiger partial charge in [0.05, 0.1) is 4.70 Å². The lowest BCUT2D eigenvalue weighted by atomic mass is 10.1. The molecule has 1 heterocycles. The van der Waals surface area contributed by atoms with E-state index >= 15 is 0 Å². The number of nitrogens with one attached hydrogen (secondary N) is 1. The maximum absolute atomic E-state index is 14.6. The first-order valence-corrected chi connectivity index (χ1v) is 11.4. The molecule has 9 heteroatoms. The maximum Gasteiger partial charge on any atom is 0.308 e. The number of fused-ring (bicyclic) bond motifs is 1. The fraction of sp³-hybridized carbons (Fsp3) is 0.435. The minimum absolute atomic E-state index is 0. The number of benzene rings is 2. The van der Waals surface area contributed by atoms with E-state index in [0.29, 0.717) is 23.3 Å². The van der Waals surface area contributed by atoms with Crippen LogP contribution in [0, 0.1) is 0 Å². The van der Waals surface area contributed by atoms with E-state index in [1.54, 1.807) is 24.3 Å². The Kier molecular flexibility index (Phi) is 9.33. The molecular weight excluding hydrogens is 458 g/mol. The van der Waals surface area contributed by atoms with Gasteiger partial charge in [0.25, 0.3) is 0 Å². The number of aryl methyl sites for hydroxylation is 1. The highest BCUT2D eigenvalue weighted by Crippen LogP contribution is 2.42. The number of aromatic nitrogens is 1. The van der Waals surface area contributed by atoms with Crippen molar-refractivity contribution in [1.29, 1.82) is 0 Å². The lowest BCUT2D eigenvalue weighted by Crippen LogP contribution is -2.23. The SMILES string of the molecule is CCCCCCNc1c(OCC(F)(F)c2ccccc2)cc2sc(=O)n(CC)c2c1O.Cl. The molecule has 0 saturated carbocycles. The van der Waals surface area contributed by atoms with Crippen LogP contribution >= 0.6 is 23.7 Å². The van der Waals surface area contributed by atoms with Crippen LogP contribution in [0.5, 0.6) is 11.5 Å². The number of phenols is 1. The van der Waals surface area contributed by atoms with Crippen LogP contribution in [0.3, 0.4) is 0 Å². The topological polar surface area (TPSA) is 63.5 Å². The number of nitrogens with zero attached hydrogens (tertiary/aromatic N) is 1. The summed E-state index contributed by atoms with van der Waals surface area (Å²) in [5.74, 6) is -3.24. The fourth-order valence-corrected chi connectivity index (χ4v) is 4.45. The number of hydrogen-bond acceptors (Lipinski definition) is 5. The molecule has 32 heavy (non-hydrogen) atoms. The number of unbranched alkanes of at least 4 members (excludes halogenated alkanes) is 3. The average molecular weight is 487 g/mol. The standard InChI is InChI=1S/C23H28F2N2O3S.ClH/c1-3-5-6-10-13-26-19-17(30-15-23(24,25)16-11-8-7-9-12-16)14-18-20(21(19)28)27(4-2)22(29)31-18;/h7-9,11-12,14,26,28H,3-6,10,13,15H2,1-2H3;1H. The second-order valence-electron chi connectivity index (χ2n) is 7.40. The molecule has 0 atom stereocenters. The van der Waals surface area contributed by atoms with Crippen molar-refractivity contribution in [3.8, 4) is 11.5 Å². The van der Waals surface area contributed by atoms with Crippen molar-refractivity contribution >= 4 is 39.6 Å². The van der Waals surface area contributed by atoms with E-state index in [-0.39, 0.29) is 40.0 Å². The van der Waals surface area contributed by atoms with E-state index in [1.807, 2.05) is 6.92 Å². The average Bonchev–Trinajstić information content (AvgIpc) is 3.09. The molecule has 0 aliphatic heterocycles. The van der Waals surface area contributed by atoms with Crippen LogP contribution in [0.2, 0.25) is 0 Å². The number of hydrogen-bond donors (Lipinski definition) is 2. The van der Waals surface area contributed by atoms with Gasteiger partial charge < -0.3 is 15.2 Å². The first kappa shape index (κ1) is 25.9. The molecule has 0 spiro atoms. The molecule has 5 nitrogen and oxygen atoms in total. The fourth-order valence-electron chi connectivity index (χ4n) is 3.46. The molecule has 1 aromatic heterocycles. The zero-order valence-corrected chi connectivity index (χ0v) is 19.8. The number of aromatic hydroxyl groups is 1. The minimum Gasteiger partial charge on any atom is -0.504 e. The summed E-state index contributed by atoms with van der Waals surface area (Å²) in [7, 11) is 0. The molecule has 0 saturated heterocycles. The van der Waals surface area contributed by atoms with Gasteiger partial charge in [0.1, 0.15) is 17.0 Å². The van der Waals surface area contributed by atoms with Gasteiger partial charge in [-0.3, -0.25) is 9.36 Å². The number of ether oxygens (including phenoxy) is 1. The highest BCUT2D eigenvalue weighted by atomic mass is 35.5. The van der Waals surface area contributed by atoms with Gasteiger partial charge in [-0.2, -0.15) is 8.78 Å². The highest BCUT2D eigenvalue weighted by molar-refractivity contribution is 7.16. The van der Waals surface area contributed by atoms with Crippen LogP contribution in [0.25, 0.3) is 10.2 Å². The molecule has 0 bridgehead atoms. The van der Waals surface area contributed by atoms with Gasteiger partial charge in [-0.25, -0.2) is 0 Å². The van der Waals surface area contributed by atoms with Crippen molar-refractivity contribution in [1.82, 2.24) is 4.57 Å². The van der Waals surface area contributed by atoms with E-state index in [4.69, 9.17) is 4.74 Å². The van der Waals surface area contributed by atoms with Gasteiger partial charge in [0.2, 0.25) is 0 Å². The lowest BCUT2D eigenvalue weighted by molar-refractivity contribution is -0.0465. The molecule has 2 N–H and O–H groups in total. The number of anilines is 1. The van der Waals surface area contributed by atoms with Gasteiger partial charge in [-0.1, -0.05) is 67.9 Å². The van der Waals surface area contributed by atoms with Crippen LogP contribution in [-0.4, -0.2) is 22.8 Å². The summed E-state index contributed by atoms with van der Waals surface area (Å²) in [6.07, 6.45) is 4.08. The summed E-state index contributed by atoms with van der Waals surface area (Å²) in [5, 5.41) is 14.1. The van der Waals surface area contributed by atoms with Crippen LogP contribution in [0.4, 0.5) is 14.5 Å². The predicted octanol–water partition coefficient (Wildman–Crippen LogP) is 6.37. The Labute approximate surface area is 196 Å². The molecule has 3 aromatic rings. The lowest BCUT2D eigenvalue weighted by Gasteiger charge is -2.20. The zero-order valence-electron chi connectivity index (χ0n) is 18.2. The van der Waals surface area contributed by atoms with Crippen molar-refractivity contribution in [2.75, 3.05) is 18.5 Å². The quantitative estimate of drug-likeness (QED) is 0.244. The molecule has 0 amide bonds. The van der Waals surface area contributed by atoms with E-state index in [1.165, 1.54) is 16.7 Å². The first-order chi connectivity index (χ1) is 14.9. The Morgan fingerprint density at radius 1 is 1.16 bits per heavy atom. The Morgan fingerprint density at radius 3 is 2.53 bits per heavy atom. The molecule has 0 aliphatic rings. The molecule has 0 radical (unpaired) electrons. The van der Waals surface area contributed by atoms with Crippen LogP contribution in [0.15, 0.2) is 41.2 Å². The smallest absolute Gasteiger partial charge is 0.308 e. The number of alkyl halides is 2. The number of halogens is 3. The molecule has 0 fully saturated rings. The predicted molar refractivity (Wildman–Crippen MR) is 129 cm³/mol. The van der Waals surface area contributed by atoms with E-state index < -0.39 is 12.5 Å². The van der Waals surface area contributed by atoms with Crippen molar-refractivity contribution in [2.24, 2.45) is 0 Å². The maximum atomic E-state index is 14.6. The van der Waals surface area contributed by atoms with Gasteiger partial charge in [-0.15, -0.1) is 12.4 Å². The monoisotopic (exact) mass is 486 g/mol. The molecular formula is C23H29ClF2N2O3S. The van der Waals surface area contributed by atoms with Crippen molar-refractivity contribution < 1.29 is 18.6 Å². The second-order valence-corrected chi connectivity index (χ2v) is 8.40. The highest BCUT2D eigenvalue weighted by Gasteiger charge is 2.33. The van der Waals surface area contributed by atoms with Crippen molar-refractivity contribution in [3.63, 3.8) is 0 Å². The zero-order chi connectivity index (χ0) is 22.4. The molecule has 2 aromatic carbocycles. The minimum atomic E-state index is -3.20. The molecule has 0 unspecified atom stereocenters. The van der Waals surface area contributed by atoms with Crippen LogP contribution in [-0.2, 0) is 12.5 Å². The number of phenolic OH excluding ortho intramolecular Hbond substituents is 1. The summed E-state index contributed by atoms with van der Waals surface area (Å²) < 4.78 is 36.8. The normalized spacial score (nSPS) is 11.4. The Bertz CT molecular complexity index is 1070. The number of thiazole rings is 1. The summed E-state index contributed by atoms with van der Waals surface area (Å²) in [5.41, 5.74) is 0.500. The van der Waals surface area contributed by atoms with E-state index in [2.05, 4.69) is 12.2 Å². The van der Waals surface area contributed by atoms with Crippen LogP contribution < -0.4 is 14.9 Å². The van der Waals surface area contributed by atoms with E-state index in [9.17, 15) is 18.7 Å². The van der Waals surface area contributed by atoms with Gasteiger partial charge in [0, 0.05) is 24.7 Å². The van der Waals surface area contributed by atoms with Crippen molar-refractivity contribution in [2.45, 2.75) is 52.0 Å². The van der Waals surface area contributed by atoms with Crippen LogP contribution in [0.1, 0.15) is 45.1 Å². The first-order valence-electron chi connectivity index (χ1n) is 10.6. The Morgan fingerprint density at radius 2 is 1.88 bits per heavy atom. The van der Waals surface area contributed by atoms with E-state index in [0.717, 1.165) is 37.0 Å². The third-order valence-corrected chi connectivity index (χ3v) is 6.07. The molecule has 3 rings (SSSR count). The summed E-state index contributed by atoms with van der Waals surface area (Å²) in [6.45, 7) is 4.01. The second kappa shape index (κ2) is 11.5. The third kappa shape index (κ3) is 5.72. The molecule has 176 valence electrons. The van der Waals surface area contributed by atoms with Crippen molar-refractivity contribution in [3.05, 3.63) is 51.6 Å². The summed E-state index contributed by atoms with van der Waals surface area (Å²) in [6, 6.07) is 9.04. The largest absolute Gasteiger partial charge is 0.504 e. The van der Waals surface area contributed by atoms with Gasteiger partial charge in [-0.05, 0) is 13.3 Å². The van der Waals surface area contributed by atoms with Gasteiger partial charge >= 0.3 is 10.8 Å². The Hall–Kier alpha value is -2.32. The Balaban J connectivity index is 0.00000363. The van der Waals surface area contributed by atoms with Gasteiger partial charge in [0.15, 0.2) is 12.4 Å². The summed E-state index contributed by atoms with van der Waals surface area (Å²) in [4.78, 5) is 12.1. The number of rotatable bonds is 11. The molecule has 0 aliphatic carbocycles. The third-order valence-electron chi connectivity index (χ3n) is 5.14.